The van der Waals surface area contributed by atoms with Crippen molar-refractivity contribution < 1.29 is 33.8 Å². The second-order valence-electron chi connectivity index (χ2n) is 3.27. The molecule has 0 saturated carbocycles. The van der Waals surface area contributed by atoms with E-state index >= 15 is 0 Å². The summed E-state index contributed by atoms with van der Waals surface area (Å²) in [6.07, 6.45) is 0. The Bertz CT molecular complexity index is 479. The summed E-state index contributed by atoms with van der Waals surface area (Å²) in [5.74, 6) is -0.311. The third kappa shape index (κ3) is 2.43. The van der Waals surface area contributed by atoms with Crippen LogP contribution in [0.2, 0.25) is 0 Å². The van der Waals surface area contributed by atoms with Gasteiger partial charge < -0.3 is 39.5 Å². The lowest BCUT2D eigenvalue weighted by atomic mass is 10.2. The molecule has 0 aliphatic heterocycles. The Kier molecular flexibility index (Phi) is 3.53. The SMILES string of the molecule is NC(c1ccc(O)cc1)(P(=O)([O-])[O-])P(=O)([O-])[O-]. The van der Waals surface area contributed by atoms with E-state index in [0.29, 0.717) is 0 Å². The smallest absolute Gasteiger partial charge is 0.115 e. The van der Waals surface area contributed by atoms with Gasteiger partial charge in [0.25, 0.3) is 0 Å². The first-order valence-corrected chi connectivity index (χ1v) is 7.21. The summed E-state index contributed by atoms with van der Waals surface area (Å²) < 4.78 is 21.8. The fraction of sp³-hybridized carbons (Fsp3) is 0.143. The topological polar surface area (TPSA) is 173 Å². The number of phenols is 1. The third-order valence-corrected chi connectivity index (χ3v) is 5.78. The second kappa shape index (κ2) is 4.19. The summed E-state index contributed by atoms with van der Waals surface area (Å²) in [4.78, 5) is 43.6. The molecule has 1 rings (SSSR count). The Labute approximate surface area is 96.0 Å². The second-order valence-corrected chi connectivity index (χ2v) is 7.02. The van der Waals surface area contributed by atoms with Crippen LogP contribution in [-0.4, -0.2) is 5.11 Å². The molecule has 0 spiro atoms. The van der Waals surface area contributed by atoms with Crippen LogP contribution < -0.4 is 25.3 Å². The molecular weight excluding hydrogens is 272 g/mol. The van der Waals surface area contributed by atoms with Crippen LogP contribution in [0, 0.1) is 0 Å². The number of aromatic hydroxyl groups is 1. The number of hydrogen-bond acceptors (Lipinski definition) is 8. The van der Waals surface area contributed by atoms with Crippen molar-refractivity contribution in [1.82, 2.24) is 0 Å². The Balaban J connectivity index is 3.52. The summed E-state index contributed by atoms with van der Waals surface area (Å²) in [5.41, 5.74) is 4.25. The van der Waals surface area contributed by atoms with Crippen LogP contribution in [0.25, 0.3) is 0 Å². The third-order valence-electron chi connectivity index (χ3n) is 2.13. The van der Waals surface area contributed by atoms with E-state index in [1.165, 1.54) is 0 Å². The van der Waals surface area contributed by atoms with E-state index in [9.17, 15) is 28.7 Å². The first-order chi connectivity index (χ1) is 7.50. The van der Waals surface area contributed by atoms with Crippen LogP contribution in [0.1, 0.15) is 5.56 Å². The van der Waals surface area contributed by atoms with Crippen LogP contribution in [-0.2, 0) is 14.2 Å². The number of phenolic OH excluding ortho intramolecular Hbond substituents is 1. The summed E-state index contributed by atoms with van der Waals surface area (Å²) in [6, 6.07) is 3.37. The molecule has 0 heterocycles. The van der Waals surface area contributed by atoms with Crippen LogP contribution in [0.3, 0.4) is 0 Å². The van der Waals surface area contributed by atoms with Gasteiger partial charge in [0.15, 0.2) is 0 Å². The Morgan fingerprint density at radius 3 is 1.65 bits per heavy atom. The first kappa shape index (κ1) is 14.3. The van der Waals surface area contributed by atoms with Crippen LogP contribution >= 0.6 is 15.2 Å². The quantitative estimate of drug-likeness (QED) is 0.561. The van der Waals surface area contributed by atoms with Gasteiger partial charge in [0.05, 0.1) is 5.02 Å². The maximum atomic E-state index is 10.9. The van der Waals surface area contributed by atoms with E-state index in [1.54, 1.807) is 0 Å². The Morgan fingerprint density at radius 2 is 1.35 bits per heavy atom. The van der Waals surface area contributed by atoms with E-state index < -0.39 is 25.8 Å². The first-order valence-electron chi connectivity index (χ1n) is 4.13. The zero-order valence-corrected chi connectivity index (χ0v) is 9.97. The van der Waals surface area contributed by atoms with Crippen molar-refractivity contribution in [3.8, 4) is 5.75 Å². The highest BCUT2D eigenvalue weighted by molar-refractivity contribution is 7.68. The summed E-state index contributed by atoms with van der Waals surface area (Å²) >= 11 is 0. The van der Waals surface area contributed by atoms with E-state index in [1.807, 2.05) is 0 Å². The van der Waals surface area contributed by atoms with Crippen molar-refractivity contribution >= 4 is 15.2 Å². The standard InChI is InChI=1S/C7H11NO7P2/c8-7(16(10,11)12,17(13,14)15)5-1-3-6(9)4-2-5/h1-4,9H,8H2,(H2,10,11,12)(H2,13,14,15)/p-4. The highest BCUT2D eigenvalue weighted by Gasteiger charge is 2.35. The lowest BCUT2D eigenvalue weighted by Crippen LogP contribution is -2.49. The van der Waals surface area contributed by atoms with Gasteiger partial charge in [0.1, 0.15) is 5.75 Å². The van der Waals surface area contributed by atoms with Gasteiger partial charge in [-0.25, -0.2) is 0 Å². The highest BCUT2D eigenvalue weighted by atomic mass is 31.2. The highest BCUT2D eigenvalue weighted by Crippen LogP contribution is 2.63. The molecule has 17 heavy (non-hydrogen) atoms. The van der Waals surface area contributed by atoms with Gasteiger partial charge in [-0.2, -0.15) is 0 Å². The van der Waals surface area contributed by atoms with Crippen molar-refractivity contribution in [2.24, 2.45) is 5.73 Å². The number of nitrogens with two attached hydrogens (primary N) is 1. The molecule has 0 radical (unpaired) electrons. The Morgan fingerprint density at radius 1 is 1.00 bits per heavy atom. The van der Waals surface area contributed by atoms with Crippen LogP contribution in [0.15, 0.2) is 24.3 Å². The lowest BCUT2D eigenvalue weighted by Gasteiger charge is -2.57. The van der Waals surface area contributed by atoms with E-state index in [0.717, 1.165) is 24.3 Å². The molecule has 10 heteroatoms. The monoisotopic (exact) mass is 279 g/mol. The maximum Gasteiger partial charge on any atom is 0.115 e. The van der Waals surface area contributed by atoms with Crippen molar-refractivity contribution in [2.45, 2.75) is 5.02 Å². The Hall–Kier alpha value is -0.720. The molecule has 8 nitrogen and oxygen atoms in total. The number of benzene rings is 1. The average Bonchev–Trinajstić information content (AvgIpc) is 2.14. The van der Waals surface area contributed by atoms with Gasteiger partial charge >= 0.3 is 0 Å². The molecule has 96 valence electrons. The molecular formula is C7H7NO7P2-4. The predicted octanol–water partition coefficient (Wildman–Crippen LogP) is -2.71. The van der Waals surface area contributed by atoms with Crippen molar-refractivity contribution in [3.05, 3.63) is 29.8 Å². The van der Waals surface area contributed by atoms with Gasteiger partial charge in [-0.15, -0.1) is 0 Å². The minimum atomic E-state index is -5.94. The normalized spacial score (nSPS) is 13.7. The van der Waals surface area contributed by atoms with Crippen LogP contribution in [0.5, 0.6) is 5.75 Å². The zero-order chi connectivity index (χ0) is 13.5. The molecule has 0 aliphatic rings. The summed E-state index contributed by atoms with van der Waals surface area (Å²) in [7, 11) is -11.9. The fourth-order valence-electron chi connectivity index (χ4n) is 1.17. The molecule has 0 atom stereocenters. The minimum absolute atomic E-state index is 0.311. The van der Waals surface area contributed by atoms with Crippen LogP contribution in [0.4, 0.5) is 0 Å². The molecule has 1 aromatic rings. The van der Waals surface area contributed by atoms with E-state index in [4.69, 9.17) is 10.8 Å². The predicted molar refractivity (Wildman–Crippen MR) is 49.2 cm³/mol. The molecule has 0 unspecified atom stereocenters. The van der Waals surface area contributed by atoms with E-state index in [2.05, 4.69) is 0 Å². The van der Waals surface area contributed by atoms with Crippen molar-refractivity contribution in [3.63, 3.8) is 0 Å². The average molecular weight is 279 g/mol. The molecule has 0 amide bonds. The van der Waals surface area contributed by atoms with Gasteiger partial charge in [-0.3, -0.25) is 0 Å². The van der Waals surface area contributed by atoms with Gasteiger partial charge in [0, 0.05) is 0 Å². The van der Waals surface area contributed by atoms with Gasteiger partial charge in [-0.1, -0.05) is 12.1 Å². The van der Waals surface area contributed by atoms with Gasteiger partial charge in [-0.05, 0) is 32.9 Å². The molecule has 0 fully saturated rings. The van der Waals surface area contributed by atoms with E-state index in [-0.39, 0.29) is 5.75 Å². The summed E-state index contributed by atoms with van der Waals surface area (Å²) in [6.45, 7) is 0. The lowest BCUT2D eigenvalue weighted by molar-refractivity contribution is -0.337. The number of rotatable bonds is 3. The largest absolute Gasteiger partial charge is 0.809 e. The maximum absolute atomic E-state index is 10.9. The molecule has 0 aliphatic carbocycles. The van der Waals surface area contributed by atoms with Crippen molar-refractivity contribution in [2.75, 3.05) is 0 Å². The molecule has 1 aromatic carbocycles. The zero-order valence-electron chi connectivity index (χ0n) is 8.18. The molecule has 0 aromatic heterocycles. The molecule has 0 bridgehead atoms. The molecule has 3 N–H and O–H groups in total. The number of hydrogen-bond donors (Lipinski definition) is 2. The van der Waals surface area contributed by atoms with Crippen molar-refractivity contribution in [1.29, 1.82) is 0 Å². The summed E-state index contributed by atoms with van der Waals surface area (Å²) in [5, 5.41) is 5.37. The fourth-order valence-corrected chi connectivity index (χ4v) is 3.30. The minimum Gasteiger partial charge on any atom is -0.809 e. The molecule has 0 saturated heterocycles. The van der Waals surface area contributed by atoms with Gasteiger partial charge in [0.2, 0.25) is 0 Å².